The average Bonchev–Trinajstić information content (AvgIpc) is 2.25. The highest BCUT2D eigenvalue weighted by Crippen LogP contribution is 2.17. The fourth-order valence-corrected chi connectivity index (χ4v) is 2.83. The Morgan fingerprint density at radius 2 is 1.35 bits per heavy atom. The molecular weight excluding hydrogens is 224 g/mol. The first-order valence-electron chi connectivity index (χ1n) is 7.12. The minimum Gasteiger partial charge on any atom is -0.285 e. The maximum Gasteiger partial charge on any atom is 0.0661 e. The predicted molar refractivity (Wildman–Crippen MR) is 82.5 cm³/mol. The van der Waals surface area contributed by atoms with Crippen LogP contribution in [0.4, 0.5) is 0 Å². The minimum absolute atomic E-state index is 0.551. The van der Waals surface area contributed by atoms with Crippen molar-refractivity contribution in [1.82, 2.24) is 9.80 Å². The Morgan fingerprint density at radius 1 is 0.941 bits per heavy atom. The Bertz CT molecular complexity index is 198. The lowest BCUT2D eigenvalue weighted by molar-refractivity contribution is 0.0104. The molecule has 0 aliphatic heterocycles. The van der Waals surface area contributed by atoms with Crippen LogP contribution in [-0.2, 0) is 0 Å². The van der Waals surface area contributed by atoms with Crippen LogP contribution < -0.4 is 0 Å². The number of rotatable bonds is 8. The highest BCUT2D eigenvalue weighted by Gasteiger charge is 2.25. The van der Waals surface area contributed by atoms with Crippen LogP contribution in [0, 0.1) is 0 Å². The Labute approximate surface area is 111 Å². The monoisotopic (exact) mass is 256 g/mol. The third-order valence-electron chi connectivity index (χ3n) is 3.41. The second-order valence-electron chi connectivity index (χ2n) is 5.13. The van der Waals surface area contributed by atoms with E-state index >= 15 is 0 Å². The van der Waals surface area contributed by atoms with E-state index < -0.39 is 0 Å². The van der Waals surface area contributed by atoms with Crippen LogP contribution in [0.2, 0.25) is 0 Å². The lowest BCUT2D eigenvalue weighted by atomic mass is 10.1. The molecule has 0 aromatic heterocycles. The maximum atomic E-state index is 2.60. The van der Waals surface area contributed by atoms with E-state index in [9.17, 15) is 0 Å². The predicted octanol–water partition coefficient (Wildman–Crippen LogP) is 2.04. The first-order chi connectivity index (χ1) is 7.99. The van der Waals surface area contributed by atoms with Gasteiger partial charge in [-0.05, 0) is 47.2 Å². The summed E-state index contributed by atoms with van der Waals surface area (Å²) in [5.74, 6) is 0. The molecule has 0 spiro atoms. The second kappa shape index (κ2) is 8.89. The molecule has 0 amide bonds. The van der Waals surface area contributed by atoms with E-state index in [2.05, 4.69) is 63.1 Å². The van der Waals surface area contributed by atoms with Crippen molar-refractivity contribution in [2.24, 2.45) is 0 Å². The number of hydrogen-bond donors (Lipinski definition) is 0. The van der Waals surface area contributed by atoms with Crippen LogP contribution >= 0.6 is 0 Å². The number of hydrogen-bond acceptors (Lipinski definition) is 2. The van der Waals surface area contributed by atoms with Crippen molar-refractivity contribution >= 4 is 10.2 Å². The van der Waals surface area contributed by atoms with Crippen molar-refractivity contribution in [3.63, 3.8) is 0 Å². The normalized spacial score (nSPS) is 13.4. The first-order valence-corrected chi connectivity index (χ1v) is 8.27. The topological polar surface area (TPSA) is 6.48 Å². The molecule has 0 saturated carbocycles. The van der Waals surface area contributed by atoms with E-state index in [0.29, 0.717) is 18.2 Å². The molecule has 0 atom stereocenters. The minimum atomic E-state index is 0.551. The molecule has 17 heavy (non-hydrogen) atoms. The van der Waals surface area contributed by atoms with Gasteiger partial charge in [-0.1, -0.05) is 19.9 Å². The van der Waals surface area contributed by atoms with Crippen molar-refractivity contribution in [1.29, 1.82) is 0 Å². The zero-order chi connectivity index (χ0) is 13.4. The van der Waals surface area contributed by atoms with E-state index in [1.165, 1.54) is 0 Å². The van der Waals surface area contributed by atoms with Crippen LogP contribution in [0.5, 0.6) is 0 Å². The summed E-state index contributed by atoms with van der Waals surface area (Å²) in [4.78, 5) is 5.20. The highest BCUT2D eigenvalue weighted by atomic mass is 28.1. The largest absolute Gasteiger partial charge is 0.285 e. The van der Waals surface area contributed by atoms with E-state index in [1.807, 2.05) is 0 Å². The van der Waals surface area contributed by atoms with Crippen LogP contribution in [0.1, 0.15) is 48.0 Å². The summed E-state index contributed by atoms with van der Waals surface area (Å²) in [6.45, 7) is 16.0. The van der Waals surface area contributed by atoms with Gasteiger partial charge in [-0.3, -0.25) is 9.80 Å². The quantitative estimate of drug-likeness (QED) is 0.484. The molecule has 0 unspecified atom stereocenters. The van der Waals surface area contributed by atoms with Gasteiger partial charge in [0.1, 0.15) is 0 Å². The molecule has 0 bridgehead atoms. The van der Waals surface area contributed by atoms with E-state index in [-0.39, 0.29) is 0 Å². The van der Waals surface area contributed by atoms with Gasteiger partial charge in [0.2, 0.25) is 0 Å². The molecule has 0 fully saturated rings. The lowest BCUT2D eigenvalue weighted by Gasteiger charge is -2.42. The Balaban J connectivity index is 4.93. The van der Waals surface area contributed by atoms with Crippen LogP contribution in [0.15, 0.2) is 11.8 Å². The van der Waals surface area contributed by atoms with Gasteiger partial charge in [-0.2, -0.15) is 0 Å². The second-order valence-corrected chi connectivity index (χ2v) is 5.80. The SMILES string of the molecule is CCN(C(C)C)C(CC=C[SiH3])N(CC)C(C)C. The van der Waals surface area contributed by atoms with Gasteiger partial charge >= 0.3 is 0 Å². The molecule has 0 heterocycles. The van der Waals surface area contributed by atoms with Gasteiger partial charge in [-0.15, -0.1) is 5.70 Å². The smallest absolute Gasteiger partial charge is 0.0661 e. The van der Waals surface area contributed by atoms with Crippen LogP contribution in [0.25, 0.3) is 0 Å². The molecule has 102 valence electrons. The zero-order valence-corrected chi connectivity index (χ0v) is 14.9. The van der Waals surface area contributed by atoms with Crippen LogP contribution in [0.3, 0.4) is 0 Å². The molecule has 0 saturated heterocycles. The van der Waals surface area contributed by atoms with E-state index in [1.54, 1.807) is 0 Å². The Hall–Kier alpha value is -0.123. The van der Waals surface area contributed by atoms with Crippen molar-refractivity contribution in [3.8, 4) is 0 Å². The molecule has 0 N–H and O–H groups in total. The van der Waals surface area contributed by atoms with E-state index in [4.69, 9.17) is 0 Å². The molecule has 0 radical (unpaired) electrons. The molecule has 0 aromatic rings. The molecule has 0 aliphatic rings. The van der Waals surface area contributed by atoms with Gasteiger partial charge in [0.25, 0.3) is 0 Å². The summed E-state index contributed by atoms with van der Waals surface area (Å²) < 4.78 is 0. The summed E-state index contributed by atoms with van der Waals surface area (Å²) in [6.07, 6.45) is 4.06. The molecular formula is C14H32N2Si. The fraction of sp³-hybridized carbons (Fsp3) is 0.857. The Kier molecular flexibility index (Phi) is 8.83. The third-order valence-corrected chi connectivity index (χ3v) is 3.88. The molecule has 0 aliphatic carbocycles. The van der Waals surface area contributed by atoms with Crippen molar-refractivity contribution in [3.05, 3.63) is 11.8 Å². The fourth-order valence-electron chi connectivity index (χ4n) is 2.56. The summed E-state index contributed by atoms with van der Waals surface area (Å²) in [7, 11) is 1.16. The molecule has 0 rings (SSSR count). The van der Waals surface area contributed by atoms with Gasteiger partial charge in [0.15, 0.2) is 0 Å². The van der Waals surface area contributed by atoms with Gasteiger partial charge in [0, 0.05) is 22.3 Å². The maximum absolute atomic E-state index is 2.60. The van der Waals surface area contributed by atoms with Gasteiger partial charge in [0.05, 0.1) is 6.17 Å². The molecule has 3 heteroatoms. The highest BCUT2D eigenvalue weighted by molar-refractivity contribution is 6.16. The summed E-state index contributed by atoms with van der Waals surface area (Å²) in [6, 6.07) is 1.22. The van der Waals surface area contributed by atoms with Crippen molar-refractivity contribution < 1.29 is 0 Å². The summed E-state index contributed by atoms with van der Waals surface area (Å²) in [5.41, 5.74) is 2.30. The first kappa shape index (κ1) is 16.9. The van der Waals surface area contributed by atoms with E-state index in [0.717, 1.165) is 29.8 Å². The standard InChI is InChI=1S/C14H32N2Si/c1-7-15(12(3)4)14(10-9-11-17)16(8-2)13(5)6/h9,11-14H,7-8,10H2,1-6,17H3. The van der Waals surface area contributed by atoms with Crippen molar-refractivity contribution in [2.45, 2.75) is 66.2 Å². The summed E-state index contributed by atoms with van der Waals surface area (Å²) >= 11 is 0. The third kappa shape index (κ3) is 5.36. The van der Waals surface area contributed by atoms with Crippen molar-refractivity contribution in [2.75, 3.05) is 13.1 Å². The average molecular weight is 257 g/mol. The lowest BCUT2D eigenvalue weighted by Crippen LogP contribution is -2.53. The summed E-state index contributed by atoms with van der Waals surface area (Å²) in [5, 5.41) is 0. The zero-order valence-electron chi connectivity index (χ0n) is 12.9. The Morgan fingerprint density at radius 3 is 1.59 bits per heavy atom. The molecule has 0 aromatic carbocycles. The molecule has 2 nitrogen and oxygen atoms in total. The van der Waals surface area contributed by atoms with Crippen LogP contribution in [-0.4, -0.2) is 51.4 Å². The van der Waals surface area contributed by atoms with Gasteiger partial charge < -0.3 is 0 Å². The number of nitrogens with zero attached hydrogens (tertiary/aromatic N) is 2. The van der Waals surface area contributed by atoms with Gasteiger partial charge in [-0.25, -0.2) is 0 Å².